The Hall–Kier alpha value is -1.81. The average Bonchev–Trinajstić information content (AvgIpc) is 2.55. The lowest BCUT2D eigenvalue weighted by Gasteiger charge is -2.44. The summed E-state index contributed by atoms with van der Waals surface area (Å²) in [7, 11) is 0. The summed E-state index contributed by atoms with van der Waals surface area (Å²) in [5.41, 5.74) is 1.39. The first kappa shape index (κ1) is 18.5. The van der Waals surface area contributed by atoms with Crippen molar-refractivity contribution < 1.29 is 9.53 Å². The van der Waals surface area contributed by atoms with Crippen LogP contribution in [-0.2, 0) is 16.0 Å². The molecule has 0 radical (unpaired) electrons. The molecule has 1 heterocycles. The molecule has 132 valence electrons. The van der Waals surface area contributed by atoms with Gasteiger partial charge in [-0.15, -0.1) is 0 Å². The van der Waals surface area contributed by atoms with E-state index >= 15 is 0 Å². The Kier molecular flexibility index (Phi) is 6.85. The van der Waals surface area contributed by atoms with E-state index in [1.54, 1.807) is 0 Å². The van der Waals surface area contributed by atoms with Gasteiger partial charge in [-0.1, -0.05) is 36.9 Å². The third-order valence-electron chi connectivity index (χ3n) is 4.57. The number of hydrogen-bond donors (Lipinski definition) is 0. The molecule has 1 aromatic rings. The van der Waals surface area contributed by atoms with Crippen molar-refractivity contribution in [1.82, 2.24) is 9.80 Å². The van der Waals surface area contributed by atoms with Gasteiger partial charge in [0.2, 0.25) is 0 Å². The molecule has 1 aliphatic rings. The Balaban J connectivity index is 1.83. The lowest BCUT2D eigenvalue weighted by molar-refractivity contribution is -0.138. The molecular formula is C20H30N2O2. The molecule has 2 rings (SSSR count). The first-order valence-corrected chi connectivity index (χ1v) is 8.93. The Labute approximate surface area is 146 Å². The smallest absolute Gasteiger partial charge is 0.288 e. The third kappa shape index (κ3) is 4.84. The van der Waals surface area contributed by atoms with Crippen molar-refractivity contribution in [3.8, 4) is 0 Å². The van der Waals surface area contributed by atoms with Crippen LogP contribution in [0.2, 0.25) is 0 Å². The van der Waals surface area contributed by atoms with Crippen molar-refractivity contribution in [3.63, 3.8) is 0 Å². The van der Waals surface area contributed by atoms with E-state index < -0.39 is 0 Å². The Morgan fingerprint density at radius 3 is 2.42 bits per heavy atom. The van der Waals surface area contributed by atoms with Crippen molar-refractivity contribution in [1.29, 1.82) is 0 Å². The van der Waals surface area contributed by atoms with Crippen LogP contribution in [0.4, 0.5) is 0 Å². The zero-order valence-corrected chi connectivity index (χ0v) is 15.2. The van der Waals surface area contributed by atoms with E-state index in [0.29, 0.717) is 6.61 Å². The van der Waals surface area contributed by atoms with Gasteiger partial charge in [-0.3, -0.25) is 9.69 Å². The highest BCUT2D eigenvalue weighted by Gasteiger charge is 2.33. The number of amides is 1. The van der Waals surface area contributed by atoms with Gasteiger partial charge in [-0.25, -0.2) is 0 Å². The second kappa shape index (κ2) is 8.88. The first-order valence-electron chi connectivity index (χ1n) is 8.93. The predicted octanol–water partition coefficient (Wildman–Crippen LogP) is 3.09. The number of aryl methyl sites for hydroxylation is 1. The molecule has 2 atom stereocenters. The van der Waals surface area contributed by atoms with Gasteiger partial charge in [0.1, 0.15) is 0 Å². The Morgan fingerprint density at radius 2 is 1.83 bits per heavy atom. The molecule has 1 amide bonds. The Morgan fingerprint density at radius 1 is 1.21 bits per heavy atom. The van der Waals surface area contributed by atoms with Crippen LogP contribution < -0.4 is 0 Å². The molecule has 0 bridgehead atoms. The number of ether oxygens (including phenoxy) is 1. The molecule has 0 aliphatic carbocycles. The highest BCUT2D eigenvalue weighted by Crippen LogP contribution is 2.19. The van der Waals surface area contributed by atoms with Crippen molar-refractivity contribution in [2.75, 3.05) is 26.2 Å². The summed E-state index contributed by atoms with van der Waals surface area (Å²) in [6.45, 7) is 13.2. The van der Waals surface area contributed by atoms with Crippen molar-refractivity contribution >= 4 is 5.91 Å². The second-order valence-corrected chi connectivity index (χ2v) is 6.62. The van der Waals surface area contributed by atoms with Gasteiger partial charge in [-0.2, -0.15) is 0 Å². The molecule has 0 saturated carbocycles. The van der Waals surface area contributed by atoms with Crippen LogP contribution in [0.15, 0.2) is 42.7 Å². The summed E-state index contributed by atoms with van der Waals surface area (Å²) < 4.78 is 5.29. The van der Waals surface area contributed by atoms with Gasteiger partial charge >= 0.3 is 0 Å². The zero-order chi connectivity index (χ0) is 17.5. The van der Waals surface area contributed by atoms with E-state index in [2.05, 4.69) is 55.7 Å². The molecule has 4 heteroatoms. The number of piperazine rings is 1. The monoisotopic (exact) mass is 330 g/mol. The van der Waals surface area contributed by atoms with Crippen LogP contribution in [0.3, 0.4) is 0 Å². The molecule has 2 unspecified atom stereocenters. The van der Waals surface area contributed by atoms with E-state index in [-0.39, 0.29) is 23.8 Å². The standard InChI is InChI=1S/C20H30N2O2/c1-5-24-18(4)20(23)22-16(2)14-21(15-17(22)3)13-9-12-19-10-7-6-8-11-19/h6-8,10-11,16-17H,4-5,9,12-15H2,1-3H3. The summed E-state index contributed by atoms with van der Waals surface area (Å²) in [6.07, 6.45) is 2.24. The van der Waals surface area contributed by atoms with Gasteiger partial charge in [0, 0.05) is 25.2 Å². The molecular weight excluding hydrogens is 300 g/mol. The van der Waals surface area contributed by atoms with Gasteiger partial charge in [0.05, 0.1) is 6.61 Å². The molecule has 1 fully saturated rings. The summed E-state index contributed by atoms with van der Waals surface area (Å²) in [5, 5.41) is 0. The largest absolute Gasteiger partial charge is 0.489 e. The van der Waals surface area contributed by atoms with Gasteiger partial charge in [0.25, 0.3) is 5.91 Å². The molecule has 0 aromatic heterocycles. The number of benzene rings is 1. The van der Waals surface area contributed by atoms with E-state index in [9.17, 15) is 4.79 Å². The van der Waals surface area contributed by atoms with E-state index in [1.807, 2.05) is 11.8 Å². The minimum Gasteiger partial charge on any atom is -0.489 e. The second-order valence-electron chi connectivity index (χ2n) is 6.62. The fourth-order valence-corrected chi connectivity index (χ4v) is 3.55. The van der Waals surface area contributed by atoms with Gasteiger partial charge in [0.15, 0.2) is 5.76 Å². The first-order chi connectivity index (χ1) is 11.5. The highest BCUT2D eigenvalue weighted by molar-refractivity contribution is 5.91. The van der Waals surface area contributed by atoms with Crippen LogP contribution in [0.1, 0.15) is 32.8 Å². The number of nitrogens with zero attached hydrogens (tertiary/aromatic N) is 2. The van der Waals surface area contributed by atoms with Crippen LogP contribution >= 0.6 is 0 Å². The number of rotatable bonds is 7. The molecule has 0 spiro atoms. The summed E-state index contributed by atoms with van der Waals surface area (Å²) in [5.74, 6) is 0.189. The Bertz CT molecular complexity index is 532. The average molecular weight is 330 g/mol. The van der Waals surface area contributed by atoms with Crippen LogP contribution in [0.5, 0.6) is 0 Å². The minimum atomic E-state index is -0.0687. The maximum atomic E-state index is 12.5. The van der Waals surface area contributed by atoms with E-state index in [1.165, 1.54) is 5.56 Å². The summed E-state index contributed by atoms with van der Waals surface area (Å²) >= 11 is 0. The van der Waals surface area contributed by atoms with Crippen molar-refractivity contribution in [2.45, 2.75) is 45.7 Å². The number of carbonyl (C=O) groups excluding carboxylic acids is 1. The molecule has 1 aromatic carbocycles. The summed E-state index contributed by atoms with van der Waals surface area (Å²) in [6, 6.07) is 11.0. The predicted molar refractivity (Wildman–Crippen MR) is 97.7 cm³/mol. The quantitative estimate of drug-likeness (QED) is 0.569. The topological polar surface area (TPSA) is 32.8 Å². The zero-order valence-electron chi connectivity index (χ0n) is 15.2. The molecule has 1 aliphatic heterocycles. The minimum absolute atomic E-state index is 0.0687. The maximum Gasteiger partial charge on any atom is 0.288 e. The molecule has 1 saturated heterocycles. The van der Waals surface area contributed by atoms with E-state index in [0.717, 1.165) is 32.5 Å². The lowest BCUT2D eigenvalue weighted by Crippen LogP contribution is -2.59. The fourth-order valence-electron chi connectivity index (χ4n) is 3.55. The third-order valence-corrected chi connectivity index (χ3v) is 4.57. The molecule has 0 N–H and O–H groups in total. The van der Waals surface area contributed by atoms with Gasteiger partial charge < -0.3 is 9.64 Å². The fraction of sp³-hybridized carbons (Fsp3) is 0.550. The number of hydrogen-bond acceptors (Lipinski definition) is 3. The number of carbonyl (C=O) groups is 1. The van der Waals surface area contributed by atoms with Crippen LogP contribution in [0.25, 0.3) is 0 Å². The van der Waals surface area contributed by atoms with Crippen molar-refractivity contribution in [3.05, 3.63) is 48.2 Å². The molecule has 4 nitrogen and oxygen atoms in total. The highest BCUT2D eigenvalue weighted by atomic mass is 16.5. The van der Waals surface area contributed by atoms with Crippen LogP contribution in [0, 0.1) is 0 Å². The lowest BCUT2D eigenvalue weighted by atomic mass is 10.1. The van der Waals surface area contributed by atoms with E-state index in [4.69, 9.17) is 4.74 Å². The summed E-state index contributed by atoms with van der Waals surface area (Å²) in [4.78, 5) is 16.9. The van der Waals surface area contributed by atoms with Crippen LogP contribution in [-0.4, -0.2) is 54.0 Å². The normalized spacial score (nSPS) is 21.5. The van der Waals surface area contributed by atoms with Gasteiger partial charge in [-0.05, 0) is 45.7 Å². The molecule has 24 heavy (non-hydrogen) atoms. The SMILES string of the molecule is C=C(OCC)C(=O)N1C(C)CN(CCCc2ccccc2)CC1C. The van der Waals surface area contributed by atoms with Crippen molar-refractivity contribution in [2.24, 2.45) is 0 Å². The maximum absolute atomic E-state index is 12.5.